The van der Waals surface area contributed by atoms with Gasteiger partial charge < -0.3 is 93.7 Å². The molecular weight excluding hydrogens is 1140 g/mol. The summed E-state index contributed by atoms with van der Waals surface area (Å²) in [6.07, 6.45) is -3.72. The fourth-order valence-corrected chi connectivity index (χ4v) is 9.12. The van der Waals surface area contributed by atoms with E-state index in [0.717, 1.165) is 4.90 Å². The Hall–Kier alpha value is -9.53. The van der Waals surface area contributed by atoms with Crippen LogP contribution in [0.25, 0.3) is 0 Å². The zero-order valence-electron chi connectivity index (χ0n) is 44.3. The number of guanidine groups is 1. The third-order valence-electron chi connectivity index (χ3n) is 12.8. The minimum absolute atomic E-state index is 0.0401. The topological polar surface area (TPSA) is 462 Å². The van der Waals surface area contributed by atoms with E-state index >= 15 is 0 Å². The molecule has 84 heavy (non-hydrogen) atoms. The number of aromatic hydroxyl groups is 2. The first kappa shape index (κ1) is 65.3. The molecule has 454 valence electrons. The Morgan fingerprint density at radius 3 is 1.95 bits per heavy atom. The summed E-state index contributed by atoms with van der Waals surface area (Å²) in [4.78, 5) is 128. The lowest BCUT2D eigenvalue weighted by molar-refractivity contribution is -0.192. The number of phenols is 2. The number of unbranched alkanes of at least 4 members (excludes halogenated alkanes) is 2. The number of carbonyl (C=O) groups excluding carboxylic acids is 7. The zero-order chi connectivity index (χ0) is 62.1. The number of ether oxygens (including phenoxy) is 2. The molecule has 0 aliphatic carbocycles. The molecule has 1 saturated heterocycles. The SMILES string of the molecule is NC(N)=NCCC[C@H](NC(=O)CNC(=O)CCCCCNC(=S)Nc1ccc2c(c1)C(=O)OC21c2ccc(O)cc2Oc2cc(O)ccc21)C(=O)NCC(=O)N[C@@H](CC(=O)O)C(=O)N[C@@H](CO)C(=O)N1CCC[C@H]1C(=O)O.O=C(O)C(F)(F)F. The van der Waals surface area contributed by atoms with Crippen LogP contribution < -0.4 is 53.4 Å². The van der Waals surface area contributed by atoms with E-state index in [-0.39, 0.29) is 78.4 Å². The van der Waals surface area contributed by atoms with Gasteiger partial charge in [-0.1, -0.05) is 12.5 Å². The van der Waals surface area contributed by atoms with Crippen molar-refractivity contribution >= 4 is 88.3 Å². The summed E-state index contributed by atoms with van der Waals surface area (Å²) in [5.41, 5.74) is 11.6. The number of fused-ring (bicyclic) bond motifs is 6. The van der Waals surface area contributed by atoms with Gasteiger partial charge in [0.15, 0.2) is 16.7 Å². The molecular formula is C51H60F3N11O18S. The number of esters is 1. The molecule has 1 spiro atoms. The molecule has 3 aliphatic rings. The Balaban J connectivity index is 0.00000173. The Labute approximate surface area is 479 Å². The number of phenolic OH excluding ortho intramolecular Hbond substituents is 2. The summed E-state index contributed by atoms with van der Waals surface area (Å²) in [5, 5.41) is 74.1. The number of hydrogen-bond donors (Lipinski definition) is 15. The maximum absolute atomic E-state index is 13.5. The van der Waals surface area contributed by atoms with Gasteiger partial charge in [0.05, 0.1) is 31.7 Å². The number of nitrogens with zero attached hydrogens (tertiary/aromatic N) is 2. The number of aliphatic carboxylic acids is 3. The van der Waals surface area contributed by atoms with Crippen LogP contribution in [0.1, 0.15) is 84.8 Å². The number of carbonyl (C=O) groups is 10. The first-order chi connectivity index (χ1) is 39.6. The molecule has 17 N–H and O–H groups in total. The van der Waals surface area contributed by atoms with Crippen LogP contribution in [0.15, 0.2) is 59.6 Å². The molecule has 3 heterocycles. The summed E-state index contributed by atoms with van der Waals surface area (Å²) in [6.45, 7) is -1.76. The van der Waals surface area contributed by atoms with E-state index in [1.54, 1.807) is 30.3 Å². The largest absolute Gasteiger partial charge is 0.508 e. The van der Waals surface area contributed by atoms with E-state index in [9.17, 15) is 81.9 Å². The number of carboxylic acid groups (broad SMARTS) is 3. The quantitative estimate of drug-likeness (QED) is 0.0166. The number of hydrogen-bond acceptors (Lipinski definition) is 17. The standard InChI is InChI=1S/C49H59N11O16S.C2HF3O2/c50-47(51)52-16-4-6-32(42(69)55-23-40(66)58-33(21-41(67)68)43(70)59-34(24-61)44(71)60-17-5-7-35(60)45(72)73)57-39(65)22-54-38(64)8-2-1-3-15-53-48(77)56-25-9-12-29-28(18-25)46(74)76-49(29)30-13-10-26(62)19-36(30)75-37-20-27(63)11-14-31(37)49;3-2(4,5)1(6)7/h9-14,18-20,32-35,61-63H,1-8,15-17,21-24H2,(H,54,64)(H,55,69)(H,57,65)(H,58,66)(H,59,70)(H,67,68)(H,72,73)(H4,50,51,52)(H2,53,56,77);(H,6,7)/t32-,33-,34-,35-;/m0./s1. The summed E-state index contributed by atoms with van der Waals surface area (Å²) in [7, 11) is 0. The predicted octanol–water partition coefficient (Wildman–Crippen LogP) is -0.571. The van der Waals surface area contributed by atoms with Gasteiger partial charge in [-0.15, -0.1) is 0 Å². The average Bonchev–Trinajstić information content (AvgIpc) is 1.50. The highest BCUT2D eigenvalue weighted by Crippen LogP contribution is 2.57. The van der Waals surface area contributed by atoms with Gasteiger partial charge in [0.1, 0.15) is 47.2 Å². The number of alkyl halides is 3. The summed E-state index contributed by atoms with van der Waals surface area (Å²) in [6, 6.07) is 8.09. The molecule has 0 unspecified atom stereocenters. The number of halogens is 3. The van der Waals surface area contributed by atoms with Crippen LogP contribution in [0, 0.1) is 0 Å². The van der Waals surface area contributed by atoms with Crippen molar-refractivity contribution in [3.63, 3.8) is 0 Å². The number of nitrogens with one attached hydrogen (secondary N) is 7. The number of thiocarbonyl (C=S) groups is 1. The van der Waals surface area contributed by atoms with Crippen molar-refractivity contribution in [3.05, 3.63) is 76.9 Å². The predicted molar refractivity (Wildman–Crippen MR) is 288 cm³/mol. The van der Waals surface area contributed by atoms with Crippen LogP contribution in [-0.4, -0.2) is 176 Å². The number of anilines is 1. The lowest BCUT2D eigenvalue weighted by Gasteiger charge is -2.36. The molecule has 3 aromatic carbocycles. The normalized spacial score (nSPS) is 15.2. The van der Waals surface area contributed by atoms with Gasteiger partial charge in [0.2, 0.25) is 35.4 Å². The summed E-state index contributed by atoms with van der Waals surface area (Å²) < 4.78 is 43.8. The number of nitrogens with two attached hydrogens (primary N) is 2. The molecule has 3 aliphatic heterocycles. The molecule has 0 bridgehead atoms. The number of benzene rings is 3. The molecule has 1 fully saturated rings. The fourth-order valence-electron chi connectivity index (χ4n) is 8.90. The Kier molecular flexibility index (Phi) is 22.9. The van der Waals surface area contributed by atoms with Crippen LogP contribution in [-0.2, 0) is 53.5 Å². The Morgan fingerprint density at radius 2 is 1.37 bits per heavy atom. The molecule has 6 amide bonds. The molecule has 6 rings (SSSR count). The van der Waals surface area contributed by atoms with Gasteiger partial charge in [-0.05, 0) is 87.1 Å². The number of aliphatic imine (C=N–C) groups is 1. The van der Waals surface area contributed by atoms with E-state index in [4.69, 9.17) is 43.1 Å². The van der Waals surface area contributed by atoms with Crippen LogP contribution >= 0.6 is 12.2 Å². The Bertz CT molecular complexity index is 3000. The van der Waals surface area contributed by atoms with Crippen molar-refractivity contribution in [2.24, 2.45) is 16.5 Å². The van der Waals surface area contributed by atoms with Crippen LogP contribution in [0.3, 0.4) is 0 Å². The van der Waals surface area contributed by atoms with Crippen molar-refractivity contribution in [2.45, 2.75) is 93.7 Å². The van der Waals surface area contributed by atoms with E-state index in [1.165, 1.54) is 24.3 Å². The smallest absolute Gasteiger partial charge is 0.490 e. The maximum Gasteiger partial charge on any atom is 0.490 e. The summed E-state index contributed by atoms with van der Waals surface area (Å²) in [5.74, 6) is -11.3. The van der Waals surface area contributed by atoms with Gasteiger partial charge in [-0.25, -0.2) is 14.4 Å². The van der Waals surface area contributed by atoms with Gasteiger partial charge in [0.25, 0.3) is 0 Å². The van der Waals surface area contributed by atoms with E-state index < -0.39 is 121 Å². The van der Waals surface area contributed by atoms with Gasteiger partial charge in [-0.2, -0.15) is 13.2 Å². The minimum atomic E-state index is -5.08. The van der Waals surface area contributed by atoms with Crippen molar-refractivity contribution in [2.75, 3.05) is 44.6 Å². The number of rotatable bonds is 25. The van der Waals surface area contributed by atoms with E-state index in [1.807, 2.05) is 0 Å². The third kappa shape index (κ3) is 17.7. The van der Waals surface area contributed by atoms with E-state index in [0.29, 0.717) is 54.6 Å². The fraction of sp³-hybridized carbons (Fsp3) is 0.412. The highest BCUT2D eigenvalue weighted by atomic mass is 32.1. The average molecular weight is 1200 g/mol. The number of aliphatic hydroxyl groups is 1. The highest BCUT2D eigenvalue weighted by molar-refractivity contribution is 7.80. The Morgan fingerprint density at radius 1 is 0.762 bits per heavy atom. The first-order valence-corrected chi connectivity index (χ1v) is 26.0. The maximum atomic E-state index is 13.5. The molecule has 0 aromatic heterocycles. The van der Waals surface area contributed by atoms with Crippen LogP contribution in [0.4, 0.5) is 18.9 Å². The van der Waals surface area contributed by atoms with Gasteiger partial charge in [-0.3, -0.25) is 38.6 Å². The third-order valence-corrected chi connectivity index (χ3v) is 13.0. The molecule has 3 aromatic rings. The van der Waals surface area contributed by atoms with Crippen molar-refractivity contribution in [3.8, 4) is 23.0 Å². The number of amides is 6. The molecule has 33 heteroatoms. The monoisotopic (exact) mass is 1200 g/mol. The molecule has 0 saturated carbocycles. The van der Waals surface area contributed by atoms with Crippen molar-refractivity contribution < 1.29 is 101 Å². The molecule has 0 radical (unpaired) electrons. The van der Waals surface area contributed by atoms with E-state index in [2.05, 4.69) is 42.2 Å². The molecule has 4 atom stereocenters. The molecule has 29 nitrogen and oxygen atoms in total. The first-order valence-electron chi connectivity index (χ1n) is 25.6. The van der Waals surface area contributed by atoms with Crippen molar-refractivity contribution in [1.29, 1.82) is 0 Å². The van der Waals surface area contributed by atoms with Crippen LogP contribution in [0.5, 0.6) is 23.0 Å². The highest BCUT2D eigenvalue weighted by Gasteiger charge is 2.54. The number of likely N-dealkylation sites (tertiary alicyclic amines) is 1. The van der Waals surface area contributed by atoms with Gasteiger partial charge >= 0.3 is 30.1 Å². The second-order valence-electron chi connectivity index (χ2n) is 18.8. The van der Waals surface area contributed by atoms with Crippen LogP contribution in [0.2, 0.25) is 0 Å². The lowest BCUT2D eigenvalue weighted by atomic mass is 9.77. The van der Waals surface area contributed by atoms with Gasteiger partial charge in [0, 0.05) is 60.6 Å². The summed E-state index contributed by atoms with van der Waals surface area (Å²) >= 11 is 5.49. The second kappa shape index (κ2) is 29.4. The second-order valence-corrected chi connectivity index (χ2v) is 19.2. The minimum Gasteiger partial charge on any atom is -0.508 e. The number of aliphatic hydroxyl groups excluding tert-OH is 1. The van der Waals surface area contributed by atoms with Crippen molar-refractivity contribution in [1.82, 2.24) is 36.8 Å². The zero-order valence-corrected chi connectivity index (χ0v) is 45.1. The lowest BCUT2D eigenvalue weighted by Crippen LogP contribution is -2.58. The number of carboxylic acids is 3.